The highest BCUT2D eigenvalue weighted by molar-refractivity contribution is 5.58. The lowest BCUT2D eigenvalue weighted by molar-refractivity contribution is 0.436. The second kappa shape index (κ2) is 5.35. The Morgan fingerprint density at radius 2 is 1.76 bits per heavy atom. The molecule has 1 saturated carbocycles. The number of benzene rings is 1. The number of aryl methyl sites for hydroxylation is 2. The Morgan fingerprint density at radius 1 is 1.14 bits per heavy atom. The van der Waals surface area contributed by atoms with Crippen LogP contribution in [0.1, 0.15) is 48.3 Å². The van der Waals surface area contributed by atoms with Gasteiger partial charge in [-0.3, -0.25) is 4.79 Å². The van der Waals surface area contributed by atoms with Gasteiger partial charge in [0.05, 0.1) is 5.56 Å². The number of nitrogens with zero attached hydrogens (tertiary/aromatic N) is 1. The topological polar surface area (TPSA) is 66.0 Å². The molecule has 0 bridgehead atoms. The first kappa shape index (κ1) is 13.9. The standard InChI is InChI=1S/C17H20N2O2/c1-10-7-11(2)9-13(8-10)15-18-16(20)14(17(21)19-15)12-5-3-4-6-12/h7-9,12H,3-6H2,1-2H3,(H2,18,19,20,21). The summed E-state index contributed by atoms with van der Waals surface area (Å²) in [6.07, 6.45) is 4.15. The van der Waals surface area contributed by atoms with Gasteiger partial charge in [0.2, 0.25) is 5.88 Å². The van der Waals surface area contributed by atoms with Gasteiger partial charge < -0.3 is 10.1 Å². The second-order valence-electron chi connectivity index (χ2n) is 6.01. The lowest BCUT2D eigenvalue weighted by atomic mass is 9.99. The van der Waals surface area contributed by atoms with Crippen LogP contribution in [0.15, 0.2) is 23.0 Å². The van der Waals surface area contributed by atoms with Crippen molar-refractivity contribution in [3.05, 3.63) is 45.2 Å². The molecule has 0 saturated heterocycles. The number of nitrogens with one attached hydrogen (secondary N) is 1. The minimum absolute atomic E-state index is 0.111. The molecule has 2 N–H and O–H groups in total. The highest BCUT2D eigenvalue weighted by Gasteiger charge is 2.24. The van der Waals surface area contributed by atoms with Gasteiger partial charge in [0, 0.05) is 5.56 Å². The molecule has 1 aromatic carbocycles. The Hall–Kier alpha value is -2.10. The third-order valence-electron chi connectivity index (χ3n) is 4.19. The third kappa shape index (κ3) is 2.71. The van der Waals surface area contributed by atoms with E-state index in [0.29, 0.717) is 11.4 Å². The smallest absolute Gasteiger partial charge is 0.258 e. The number of aromatic nitrogens is 2. The van der Waals surface area contributed by atoms with E-state index in [1.54, 1.807) is 0 Å². The summed E-state index contributed by atoms with van der Waals surface area (Å²) in [7, 11) is 0. The van der Waals surface area contributed by atoms with Crippen molar-refractivity contribution in [2.75, 3.05) is 0 Å². The predicted octanol–water partition coefficient (Wildman–Crippen LogP) is 3.42. The lowest BCUT2D eigenvalue weighted by Crippen LogP contribution is -2.17. The summed E-state index contributed by atoms with van der Waals surface area (Å²) in [5.74, 6) is 0.473. The van der Waals surface area contributed by atoms with Crippen molar-refractivity contribution in [2.45, 2.75) is 45.4 Å². The number of H-pyrrole nitrogens is 1. The van der Waals surface area contributed by atoms with Gasteiger partial charge in [-0.25, -0.2) is 0 Å². The fraction of sp³-hybridized carbons (Fsp3) is 0.412. The predicted molar refractivity (Wildman–Crippen MR) is 82.6 cm³/mol. The minimum atomic E-state index is -0.205. The van der Waals surface area contributed by atoms with E-state index in [-0.39, 0.29) is 17.4 Å². The molecule has 0 unspecified atom stereocenters. The maximum Gasteiger partial charge on any atom is 0.258 e. The van der Waals surface area contributed by atoms with Crippen LogP contribution in [0.4, 0.5) is 0 Å². The van der Waals surface area contributed by atoms with E-state index in [2.05, 4.69) is 16.0 Å². The molecule has 0 amide bonds. The Bertz CT molecular complexity index is 708. The third-order valence-corrected chi connectivity index (χ3v) is 4.19. The van der Waals surface area contributed by atoms with Crippen molar-refractivity contribution in [3.63, 3.8) is 0 Å². The first-order valence-electron chi connectivity index (χ1n) is 7.46. The molecule has 110 valence electrons. The fourth-order valence-electron chi connectivity index (χ4n) is 3.30. The van der Waals surface area contributed by atoms with Gasteiger partial charge in [0.1, 0.15) is 5.82 Å². The number of hydrogen-bond acceptors (Lipinski definition) is 3. The molecule has 1 aromatic heterocycles. The molecule has 0 atom stereocenters. The van der Waals surface area contributed by atoms with Crippen molar-refractivity contribution in [1.82, 2.24) is 9.97 Å². The van der Waals surface area contributed by atoms with E-state index in [1.807, 2.05) is 26.0 Å². The first-order valence-corrected chi connectivity index (χ1v) is 7.46. The summed E-state index contributed by atoms with van der Waals surface area (Å²) in [4.78, 5) is 19.4. The second-order valence-corrected chi connectivity index (χ2v) is 6.01. The summed E-state index contributed by atoms with van der Waals surface area (Å²) >= 11 is 0. The fourth-order valence-corrected chi connectivity index (χ4v) is 3.30. The summed E-state index contributed by atoms with van der Waals surface area (Å²) in [5.41, 5.74) is 3.29. The van der Waals surface area contributed by atoms with Crippen molar-refractivity contribution < 1.29 is 5.11 Å². The van der Waals surface area contributed by atoms with E-state index in [0.717, 1.165) is 42.4 Å². The Kier molecular flexibility index (Phi) is 3.53. The van der Waals surface area contributed by atoms with Gasteiger partial charge >= 0.3 is 0 Å². The van der Waals surface area contributed by atoms with Crippen LogP contribution >= 0.6 is 0 Å². The van der Waals surface area contributed by atoms with Gasteiger partial charge in [-0.2, -0.15) is 4.98 Å². The Balaban J connectivity index is 2.07. The normalized spacial score (nSPS) is 15.5. The molecule has 1 aliphatic rings. The zero-order valence-corrected chi connectivity index (χ0v) is 12.4. The summed E-state index contributed by atoms with van der Waals surface area (Å²) in [6.45, 7) is 4.00. The largest absolute Gasteiger partial charge is 0.493 e. The van der Waals surface area contributed by atoms with Crippen LogP contribution in [0, 0.1) is 13.8 Å². The van der Waals surface area contributed by atoms with Crippen molar-refractivity contribution in [1.29, 1.82) is 0 Å². The van der Waals surface area contributed by atoms with E-state index in [4.69, 9.17) is 0 Å². The van der Waals surface area contributed by atoms with E-state index < -0.39 is 0 Å². The highest BCUT2D eigenvalue weighted by Crippen LogP contribution is 2.36. The van der Waals surface area contributed by atoms with Crippen LogP contribution in [0.25, 0.3) is 11.4 Å². The molecule has 4 nitrogen and oxygen atoms in total. The van der Waals surface area contributed by atoms with E-state index in [1.165, 1.54) is 0 Å². The minimum Gasteiger partial charge on any atom is -0.493 e. The number of aromatic hydroxyl groups is 1. The molecule has 21 heavy (non-hydrogen) atoms. The van der Waals surface area contributed by atoms with Crippen molar-refractivity contribution >= 4 is 0 Å². The van der Waals surface area contributed by atoms with Gasteiger partial charge in [-0.1, -0.05) is 30.0 Å². The molecular formula is C17H20N2O2. The van der Waals surface area contributed by atoms with E-state index >= 15 is 0 Å². The molecule has 0 aliphatic heterocycles. The van der Waals surface area contributed by atoms with Crippen molar-refractivity contribution in [3.8, 4) is 17.3 Å². The maximum atomic E-state index is 12.3. The zero-order chi connectivity index (χ0) is 15.0. The van der Waals surface area contributed by atoms with E-state index in [9.17, 15) is 9.90 Å². The number of aromatic amines is 1. The summed E-state index contributed by atoms with van der Waals surface area (Å²) < 4.78 is 0. The molecule has 1 aliphatic carbocycles. The first-order chi connectivity index (χ1) is 10.0. The zero-order valence-electron chi connectivity index (χ0n) is 12.4. The molecule has 3 rings (SSSR count). The van der Waals surface area contributed by atoms with Crippen LogP contribution < -0.4 is 5.56 Å². The van der Waals surface area contributed by atoms with Crippen LogP contribution in [-0.2, 0) is 0 Å². The van der Waals surface area contributed by atoms with Gasteiger partial charge in [-0.05, 0) is 44.7 Å². The molecular weight excluding hydrogens is 264 g/mol. The monoisotopic (exact) mass is 284 g/mol. The summed E-state index contributed by atoms with van der Waals surface area (Å²) in [6, 6.07) is 5.98. The van der Waals surface area contributed by atoms with Crippen LogP contribution in [0.3, 0.4) is 0 Å². The Labute approximate surface area is 123 Å². The SMILES string of the molecule is Cc1cc(C)cc(-c2nc(O)c(C3CCCC3)c(=O)[nH]2)c1. The highest BCUT2D eigenvalue weighted by atomic mass is 16.3. The molecule has 4 heteroatoms. The molecule has 2 aromatic rings. The quantitative estimate of drug-likeness (QED) is 0.888. The average molecular weight is 284 g/mol. The van der Waals surface area contributed by atoms with Crippen LogP contribution in [-0.4, -0.2) is 15.1 Å². The van der Waals surface area contributed by atoms with Gasteiger partial charge in [-0.15, -0.1) is 0 Å². The van der Waals surface area contributed by atoms with Gasteiger partial charge in [0.15, 0.2) is 0 Å². The molecule has 0 radical (unpaired) electrons. The average Bonchev–Trinajstić information content (AvgIpc) is 2.90. The Morgan fingerprint density at radius 3 is 2.33 bits per heavy atom. The van der Waals surface area contributed by atoms with Gasteiger partial charge in [0.25, 0.3) is 5.56 Å². The van der Waals surface area contributed by atoms with Crippen LogP contribution in [0.5, 0.6) is 5.88 Å². The van der Waals surface area contributed by atoms with Crippen molar-refractivity contribution in [2.24, 2.45) is 0 Å². The van der Waals surface area contributed by atoms with Crippen LogP contribution in [0.2, 0.25) is 0 Å². The molecule has 1 heterocycles. The molecule has 1 fully saturated rings. The maximum absolute atomic E-state index is 12.3. The molecule has 0 spiro atoms. The number of hydrogen-bond donors (Lipinski definition) is 2. The summed E-state index contributed by atoms with van der Waals surface area (Å²) in [5, 5.41) is 10.2. The lowest BCUT2D eigenvalue weighted by Gasteiger charge is -2.11. The number of rotatable bonds is 2.